The van der Waals surface area contributed by atoms with Gasteiger partial charge in [-0.2, -0.15) is 9.97 Å². The quantitative estimate of drug-likeness (QED) is 0.537. The second-order valence-electron chi connectivity index (χ2n) is 5.30. The SMILES string of the molecule is CC(Sc1nc(N)nc(-c2ccccc2)n1)C(=O)c1ccc(Cl)cc1. The lowest BCUT2D eigenvalue weighted by atomic mass is 10.1. The molecule has 7 heteroatoms. The Balaban J connectivity index is 1.81. The van der Waals surface area contributed by atoms with Crippen LogP contribution in [0.2, 0.25) is 5.02 Å². The normalized spacial score (nSPS) is 11.9. The van der Waals surface area contributed by atoms with E-state index in [0.717, 1.165) is 5.56 Å². The molecule has 25 heavy (non-hydrogen) atoms. The predicted octanol–water partition coefficient (Wildman–Crippen LogP) is 4.14. The number of Topliss-reactive ketones (excluding diaryl/α,β-unsaturated/α-hetero) is 1. The van der Waals surface area contributed by atoms with Gasteiger partial charge in [0.05, 0.1) is 5.25 Å². The van der Waals surface area contributed by atoms with Gasteiger partial charge in [-0.1, -0.05) is 53.7 Å². The summed E-state index contributed by atoms with van der Waals surface area (Å²) in [6.07, 6.45) is 0. The number of nitrogen functional groups attached to an aromatic ring is 1. The molecule has 2 N–H and O–H groups in total. The second-order valence-corrected chi connectivity index (χ2v) is 7.04. The molecular formula is C18H15ClN4OS. The van der Waals surface area contributed by atoms with Crippen LogP contribution in [0.1, 0.15) is 17.3 Å². The van der Waals surface area contributed by atoms with Crippen LogP contribution in [0, 0.1) is 0 Å². The van der Waals surface area contributed by atoms with Crippen LogP contribution in [0.3, 0.4) is 0 Å². The second kappa shape index (κ2) is 7.63. The van der Waals surface area contributed by atoms with Gasteiger partial charge in [-0.25, -0.2) is 4.98 Å². The Labute approximate surface area is 154 Å². The van der Waals surface area contributed by atoms with Crippen LogP contribution in [0.15, 0.2) is 59.8 Å². The van der Waals surface area contributed by atoms with Gasteiger partial charge in [0, 0.05) is 16.1 Å². The van der Waals surface area contributed by atoms with Gasteiger partial charge in [0.1, 0.15) is 0 Å². The first kappa shape index (κ1) is 17.4. The number of nitrogens with two attached hydrogens (primary N) is 1. The third kappa shape index (κ3) is 4.35. The minimum atomic E-state index is -0.369. The fourth-order valence-electron chi connectivity index (χ4n) is 2.20. The number of benzene rings is 2. The van der Waals surface area contributed by atoms with Crippen LogP contribution in [0.4, 0.5) is 5.95 Å². The van der Waals surface area contributed by atoms with Gasteiger partial charge in [0.2, 0.25) is 5.95 Å². The maximum absolute atomic E-state index is 12.5. The molecule has 1 heterocycles. The maximum Gasteiger partial charge on any atom is 0.224 e. The van der Waals surface area contributed by atoms with Gasteiger partial charge in [-0.3, -0.25) is 4.79 Å². The van der Waals surface area contributed by atoms with E-state index in [1.165, 1.54) is 11.8 Å². The molecule has 0 radical (unpaired) electrons. The highest BCUT2D eigenvalue weighted by molar-refractivity contribution is 8.00. The molecule has 0 aliphatic heterocycles. The largest absolute Gasteiger partial charge is 0.368 e. The number of hydrogen-bond acceptors (Lipinski definition) is 6. The van der Waals surface area contributed by atoms with E-state index in [-0.39, 0.29) is 17.0 Å². The molecule has 0 fully saturated rings. The molecule has 3 rings (SSSR count). The number of hydrogen-bond donors (Lipinski definition) is 1. The van der Waals surface area contributed by atoms with Gasteiger partial charge in [0.15, 0.2) is 16.8 Å². The Morgan fingerprint density at radius 3 is 2.40 bits per heavy atom. The number of thioether (sulfide) groups is 1. The van der Waals surface area contributed by atoms with Gasteiger partial charge < -0.3 is 5.73 Å². The molecule has 3 aromatic rings. The van der Waals surface area contributed by atoms with Crippen LogP contribution >= 0.6 is 23.4 Å². The van der Waals surface area contributed by atoms with Gasteiger partial charge >= 0.3 is 0 Å². The van der Waals surface area contributed by atoms with E-state index in [1.54, 1.807) is 24.3 Å². The third-order valence-corrected chi connectivity index (χ3v) is 4.66. The molecule has 0 saturated carbocycles. The van der Waals surface area contributed by atoms with E-state index in [1.807, 2.05) is 37.3 Å². The van der Waals surface area contributed by atoms with E-state index in [4.69, 9.17) is 17.3 Å². The summed E-state index contributed by atoms with van der Waals surface area (Å²) >= 11 is 7.11. The fraction of sp³-hybridized carbons (Fsp3) is 0.111. The van der Waals surface area contributed by atoms with Crippen LogP contribution in [-0.4, -0.2) is 26.0 Å². The number of rotatable bonds is 5. The minimum absolute atomic E-state index is 0.0260. The predicted molar refractivity (Wildman–Crippen MR) is 101 cm³/mol. The highest BCUT2D eigenvalue weighted by atomic mass is 35.5. The number of halogens is 1. The van der Waals surface area contributed by atoms with E-state index >= 15 is 0 Å². The first-order chi connectivity index (χ1) is 12.0. The Bertz CT molecular complexity index is 887. The molecule has 1 atom stereocenters. The van der Waals surface area contributed by atoms with E-state index < -0.39 is 0 Å². The van der Waals surface area contributed by atoms with Crippen molar-refractivity contribution in [1.82, 2.24) is 15.0 Å². The summed E-state index contributed by atoms with van der Waals surface area (Å²) in [5.41, 5.74) is 7.24. The molecular weight excluding hydrogens is 356 g/mol. The van der Waals surface area contributed by atoms with Crippen LogP contribution < -0.4 is 5.73 Å². The van der Waals surface area contributed by atoms with Crippen molar-refractivity contribution in [3.8, 4) is 11.4 Å². The summed E-state index contributed by atoms with van der Waals surface area (Å²) in [4.78, 5) is 25.3. The minimum Gasteiger partial charge on any atom is -0.368 e. The average Bonchev–Trinajstić information content (AvgIpc) is 2.62. The van der Waals surface area contributed by atoms with Crippen molar-refractivity contribution in [2.24, 2.45) is 0 Å². The maximum atomic E-state index is 12.5. The lowest BCUT2D eigenvalue weighted by Crippen LogP contribution is -2.14. The average molecular weight is 371 g/mol. The number of nitrogens with zero attached hydrogens (tertiary/aromatic N) is 3. The third-order valence-electron chi connectivity index (χ3n) is 3.44. The van der Waals surface area contributed by atoms with Crippen molar-refractivity contribution in [3.63, 3.8) is 0 Å². The van der Waals surface area contributed by atoms with E-state index in [2.05, 4.69) is 15.0 Å². The van der Waals surface area contributed by atoms with Crippen molar-refractivity contribution >= 4 is 35.1 Å². The zero-order chi connectivity index (χ0) is 17.8. The molecule has 0 amide bonds. The topological polar surface area (TPSA) is 81.8 Å². The lowest BCUT2D eigenvalue weighted by Gasteiger charge is -2.10. The number of carbonyl (C=O) groups excluding carboxylic acids is 1. The van der Waals surface area contributed by atoms with Gasteiger partial charge in [0.25, 0.3) is 0 Å². The molecule has 5 nitrogen and oxygen atoms in total. The van der Waals surface area contributed by atoms with Gasteiger partial charge in [-0.15, -0.1) is 0 Å². The molecule has 1 aromatic heterocycles. The van der Waals surface area contributed by atoms with Crippen molar-refractivity contribution in [1.29, 1.82) is 0 Å². The Hall–Kier alpha value is -2.44. The summed E-state index contributed by atoms with van der Waals surface area (Å²) in [6, 6.07) is 16.3. The Kier molecular flexibility index (Phi) is 5.31. The summed E-state index contributed by atoms with van der Waals surface area (Å²) in [7, 11) is 0. The smallest absolute Gasteiger partial charge is 0.224 e. The number of carbonyl (C=O) groups is 1. The highest BCUT2D eigenvalue weighted by Crippen LogP contribution is 2.25. The molecule has 0 saturated heterocycles. The monoisotopic (exact) mass is 370 g/mol. The number of ketones is 1. The first-order valence-electron chi connectivity index (χ1n) is 7.56. The highest BCUT2D eigenvalue weighted by Gasteiger charge is 2.19. The van der Waals surface area contributed by atoms with Gasteiger partial charge in [-0.05, 0) is 31.2 Å². The summed E-state index contributed by atoms with van der Waals surface area (Å²) in [5.74, 6) is 0.589. The van der Waals surface area contributed by atoms with Crippen molar-refractivity contribution in [3.05, 3.63) is 65.2 Å². The number of anilines is 1. The van der Waals surface area contributed by atoms with Crippen molar-refractivity contribution in [2.45, 2.75) is 17.3 Å². The Morgan fingerprint density at radius 2 is 1.72 bits per heavy atom. The summed E-state index contributed by atoms with van der Waals surface area (Å²) in [5, 5.41) is 0.641. The zero-order valence-corrected chi connectivity index (χ0v) is 15.0. The van der Waals surface area contributed by atoms with Crippen molar-refractivity contribution in [2.75, 3.05) is 5.73 Å². The van der Waals surface area contributed by atoms with Crippen LogP contribution in [-0.2, 0) is 0 Å². The summed E-state index contributed by atoms with van der Waals surface area (Å²) < 4.78 is 0. The standard InChI is InChI=1S/C18H15ClN4OS/c1-11(15(24)12-7-9-14(19)10-8-12)25-18-22-16(21-17(20)23-18)13-5-3-2-4-6-13/h2-11H,1H3,(H2,20,21,22,23). The fourth-order valence-corrected chi connectivity index (χ4v) is 3.17. The molecule has 0 aliphatic rings. The molecule has 0 spiro atoms. The molecule has 0 bridgehead atoms. The number of aromatic nitrogens is 3. The summed E-state index contributed by atoms with van der Waals surface area (Å²) in [6.45, 7) is 1.81. The molecule has 126 valence electrons. The zero-order valence-electron chi connectivity index (χ0n) is 13.4. The van der Waals surface area contributed by atoms with Crippen molar-refractivity contribution < 1.29 is 4.79 Å². The molecule has 2 aromatic carbocycles. The van der Waals surface area contributed by atoms with E-state index in [0.29, 0.717) is 21.6 Å². The van der Waals surface area contributed by atoms with E-state index in [9.17, 15) is 4.79 Å². The van der Waals surface area contributed by atoms with Crippen LogP contribution in [0.5, 0.6) is 0 Å². The first-order valence-corrected chi connectivity index (χ1v) is 8.82. The Morgan fingerprint density at radius 1 is 1.04 bits per heavy atom. The molecule has 1 unspecified atom stereocenters. The molecule has 0 aliphatic carbocycles. The lowest BCUT2D eigenvalue weighted by molar-refractivity contribution is 0.0994. The van der Waals surface area contributed by atoms with Crippen LogP contribution in [0.25, 0.3) is 11.4 Å².